The van der Waals surface area contributed by atoms with E-state index in [1.54, 1.807) is 11.2 Å². The summed E-state index contributed by atoms with van der Waals surface area (Å²) in [4.78, 5) is 11.9. The quantitative estimate of drug-likeness (QED) is 0.854. The van der Waals surface area contributed by atoms with Crippen LogP contribution in [-0.4, -0.2) is 28.9 Å². The molecule has 0 amide bonds. The van der Waals surface area contributed by atoms with Gasteiger partial charge in [0.1, 0.15) is 4.47 Å². The lowest BCUT2D eigenvalue weighted by atomic mass is 10.2. The molecular formula is C10H17BrN4O. The molecule has 1 heterocycles. The van der Waals surface area contributed by atoms with E-state index in [0.717, 1.165) is 0 Å². The largest absolute Gasteiger partial charge is 0.317 e. The summed E-state index contributed by atoms with van der Waals surface area (Å²) in [6.45, 7) is 4.72. The molecule has 0 atom stereocenters. The zero-order valence-electron chi connectivity index (χ0n) is 9.99. The van der Waals surface area contributed by atoms with Crippen LogP contribution in [0.1, 0.15) is 13.8 Å². The van der Waals surface area contributed by atoms with Crippen LogP contribution in [0.15, 0.2) is 15.5 Å². The Morgan fingerprint density at radius 3 is 2.69 bits per heavy atom. The van der Waals surface area contributed by atoms with Gasteiger partial charge in [0.25, 0.3) is 5.56 Å². The van der Waals surface area contributed by atoms with Gasteiger partial charge in [-0.15, -0.1) is 0 Å². The van der Waals surface area contributed by atoms with Crippen LogP contribution in [0.3, 0.4) is 0 Å². The van der Waals surface area contributed by atoms with Crippen LogP contribution >= 0.6 is 15.9 Å². The SMILES string of the molecule is CC(C)Cn1ncc(NN(C)C)c(Br)c1=O. The standard InChI is InChI=1S/C10H17BrN4O/c1-7(2)6-15-10(16)9(11)8(5-12-15)13-14(3)4/h5,7,13H,6H2,1-4H3. The van der Waals surface area contributed by atoms with Crippen LogP contribution in [0, 0.1) is 5.92 Å². The summed E-state index contributed by atoms with van der Waals surface area (Å²) >= 11 is 3.29. The molecule has 0 spiro atoms. The molecular weight excluding hydrogens is 272 g/mol. The summed E-state index contributed by atoms with van der Waals surface area (Å²) in [5.41, 5.74) is 3.57. The van der Waals surface area contributed by atoms with E-state index in [1.165, 1.54) is 4.68 Å². The Morgan fingerprint density at radius 2 is 2.19 bits per heavy atom. The Kier molecular flexibility index (Phi) is 4.49. The fourth-order valence-corrected chi connectivity index (χ4v) is 1.66. The minimum absolute atomic E-state index is 0.111. The molecule has 0 bridgehead atoms. The highest BCUT2D eigenvalue weighted by molar-refractivity contribution is 9.10. The van der Waals surface area contributed by atoms with Gasteiger partial charge in [-0.2, -0.15) is 5.10 Å². The molecule has 1 aromatic heterocycles. The number of nitrogens with one attached hydrogen (secondary N) is 1. The average molecular weight is 289 g/mol. The second-order valence-electron chi connectivity index (χ2n) is 4.26. The molecule has 0 fully saturated rings. The molecule has 1 rings (SSSR count). The van der Waals surface area contributed by atoms with Gasteiger partial charge in [0, 0.05) is 20.6 Å². The highest BCUT2D eigenvalue weighted by Crippen LogP contribution is 2.16. The zero-order valence-corrected chi connectivity index (χ0v) is 11.6. The molecule has 0 aliphatic heterocycles. The molecule has 0 aromatic carbocycles. The third kappa shape index (κ3) is 3.31. The number of hydrogen-bond acceptors (Lipinski definition) is 4. The molecule has 0 saturated carbocycles. The van der Waals surface area contributed by atoms with E-state index in [4.69, 9.17) is 0 Å². The van der Waals surface area contributed by atoms with Crippen molar-refractivity contribution in [2.24, 2.45) is 5.92 Å². The van der Waals surface area contributed by atoms with E-state index < -0.39 is 0 Å². The van der Waals surface area contributed by atoms with Crippen molar-refractivity contribution >= 4 is 21.6 Å². The number of hydrazine groups is 1. The molecule has 0 unspecified atom stereocenters. The molecule has 0 aliphatic carbocycles. The summed E-state index contributed by atoms with van der Waals surface area (Å²) in [7, 11) is 3.71. The van der Waals surface area contributed by atoms with Crippen LogP contribution in [0.5, 0.6) is 0 Å². The molecule has 5 nitrogen and oxygen atoms in total. The minimum atomic E-state index is -0.111. The zero-order chi connectivity index (χ0) is 12.3. The number of rotatable bonds is 4. The van der Waals surface area contributed by atoms with Gasteiger partial charge >= 0.3 is 0 Å². The highest BCUT2D eigenvalue weighted by atomic mass is 79.9. The lowest BCUT2D eigenvalue weighted by Gasteiger charge is -2.15. The molecule has 0 saturated heterocycles. The topological polar surface area (TPSA) is 50.2 Å². The van der Waals surface area contributed by atoms with Crippen LogP contribution in [0.4, 0.5) is 5.69 Å². The maximum atomic E-state index is 11.9. The fourth-order valence-electron chi connectivity index (χ4n) is 1.26. The second-order valence-corrected chi connectivity index (χ2v) is 5.05. The van der Waals surface area contributed by atoms with E-state index in [9.17, 15) is 4.79 Å². The summed E-state index contributed by atoms with van der Waals surface area (Å²) in [6.07, 6.45) is 1.65. The first kappa shape index (κ1) is 13.2. The number of nitrogens with zero attached hydrogens (tertiary/aromatic N) is 3. The smallest absolute Gasteiger partial charge is 0.283 e. The first-order chi connectivity index (χ1) is 7.41. The van der Waals surface area contributed by atoms with E-state index in [1.807, 2.05) is 27.9 Å². The van der Waals surface area contributed by atoms with Crippen LogP contribution in [0.25, 0.3) is 0 Å². The number of hydrogen-bond donors (Lipinski definition) is 1. The number of halogens is 1. The van der Waals surface area contributed by atoms with Gasteiger partial charge in [0.05, 0.1) is 11.9 Å². The first-order valence-corrected chi connectivity index (χ1v) is 5.90. The van der Waals surface area contributed by atoms with Gasteiger partial charge < -0.3 is 5.43 Å². The third-order valence-electron chi connectivity index (χ3n) is 1.87. The molecule has 0 radical (unpaired) electrons. The van der Waals surface area contributed by atoms with Crippen molar-refractivity contribution in [1.82, 2.24) is 14.8 Å². The maximum Gasteiger partial charge on any atom is 0.283 e. The van der Waals surface area contributed by atoms with Gasteiger partial charge in [-0.3, -0.25) is 4.79 Å². The molecule has 16 heavy (non-hydrogen) atoms. The van der Waals surface area contributed by atoms with E-state index in [0.29, 0.717) is 22.6 Å². The van der Waals surface area contributed by atoms with E-state index in [2.05, 4.69) is 26.5 Å². The lowest BCUT2D eigenvalue weighted by Crippen LogP contribution is -2.28. The van der Waals surface area contributed by atoms with Crippen molar-refractivity contribution in [2.45, 2.75) is 20.4 Å². The highest BCUT2D eigenvalue weighted by Gasteiger charge is 2.09. The maximum absolute atomic E-state index is 11.9. The third-order valence-corrected chi connectivity index (χ3v) is 2.63. The van der Waals surface area contributed by atoms with Crippen molar-refractivity contribution in [3.05, 3.63) is 21.0 Å². The number of anilines is 1. The summed E-state index contributed by atoms with van der Waals surface area (Å²) in [5, 5.41) is 5.88. The van der Waals surface area contributed by atoms with Crippen molar-refractivity contribution in [2.75, 3.05) is 19.5 Å². The molecule has 1 aromatic rings. The Labute approximate surface area is 104 Å². The fraction of sp³-hybridized carbons (Fsp3) is 0.600. The minimum Gasteiger partial charge on any atom is -0.317 e. The van der Waals surface area contributed by atoms with Gasteiger partial charge in [0.15, 0.2) is 0 Å². The van der Waals surface area contributed by atoms with E-state index >= 15 is 0 Å². The predicted octanol–water partition coefficient (Wildman–Crippen LogP) is 1.55. The lowest BCUT2D eigenvalue weighted by molar-refractivity contribution is 0.458. The summed E-state index contributed by atoms with van der Waals surface area (Å²) in [5.74, 6) is 0.393. The Morgan fingerprint density at radius 1 is 1.56 bits per heavy atom. The predicted molar refractivity (Wildman–Crippen MR) is 68.3 cm³/mol. The molecule has 0 aliphatic rings. The van der Waals surface area contributed by atoms with Crippen molar-refractivity contribution in [3.63, 3.8) is 0 Å². The Hall–Kier alpha value is -0.880. The van der Waals surface area contributed by atoms with Gasteiger partial charge in [-0.05, 0) is 21.8 Å². The summed E-state index contributed by atoms with van der Waals surface area (Å²) in [6, 6.07) is 0. The van der Waals surface area contributed by atoms with Crippen molar-refractivity contribution in [3.8, 4) is 0 Å². The molecule has 90 valence electrons. The van der Waals surface area contributed by atoms with E-state index in [-0.39, 0.29) is 5.56 Å². The summed E-state index contributed by atoms with van der Waals surface area (Å²) < 4.78 is 1.98. The van der Waals surface area contributed by atoms with Crippen LogP contribution in [-0.2, 0) is 6.54 Å². The molecule has 6 heteroatoms. The molecule has 1 N–H and O–H groups in total. The van der Waals surface area contributed by atoms with Crippen molar-refractivity contribution < 1.29 is 0 Å². The monoisotopic (exact) mass is 288 g/mol. The van der Waals surface area contributed by atoms with Gasteiger partial charge in [0.2, 0.25) is 0 Å². The van der Waals surface area contributed by atoms with Gasteiger partial charge in [-0.1, -0.05) is 13.8 Å². The Bertz CT molecular complexity index is 414. The van der Waals surface area contributed by atoms with Gasteiger partial charge in [-0.25, -0.2) is 9.69 Å². The first-order valence-electron chi connectivity index (χ1n) is 5.11. The number of aromatic nitrogens is 2. The normalized spacial score (nSPS) is 11.2. The van der Waals surface area contributed by atoms with Crippen LogP contribution < -0.4 is 11.0 Å². The second kappa shape index (κ2) is 5.45. The Balaban J connectivity index is 3.04. The van der Waals surface area contributed by atoms with Crippen molar-refractivity contribution in [1.29, 1.82) is 0 Å². The van der Waals surface area contributed by atoms with Crippen LogP contribution in [0.2, 0.25) is 0 Å². The average Bonchev–Trinajstić information content (AvgIpc) is 2.16.